The summed E-state index contributed by atoms with van der Waals surface area (Å²) in [6.45, 7) is 2.24. The van der Waals surface area contributed by atoms with Gasteiger partial charge in [0.1, 0.15) is 0 Å². The molecule has 1 aliphatic rings. The lowest BCUT2D eigenvalue weighted by molar-refractivity contribution is -0.137. The molecule has 1 aliphatic heterocycles. The molecule has 1 atom stereocenters. The Hall–Kier alpha value is -0.780. The van der Waals surface area contributed by atoms with Crippen molar-refractivity contribution in [1.29, 1.82) is 0 Å². The number of alkyl halides is 3. The van der Waals surface area contributed by atoms with Crippen LogP contribution >= 0.6 is 11.6 Å². The van der Waals surface area contributed by atoms with Gasteiger partial charge in [0.2, 0.25) is 0 Å². The molecule has 0 saturated carbocycles. The minimum absolute atomic E-state index is 0.134. The van der Waals surface area contributed by atoms with Gasteiger partial charge in [-0.3, -0.25) is 4.90 Å². The van der Waals surface area contributed by atoms with E-state index in [2.05, 4.69) is 10.2 Å². The van der Waals surface area contributed by atoms with Crippen molar-refractivity contribution < 1.29 is 13.2 Å². The summed E-state index contributed by atoms with van der Waals surface area (Å²) >= 11 is 5.77. The van der Waals surface area contributed by atoms with Crippen LogP contribution in [0.5, 0.6) is 0 Å². The Bertz CT molecular complexity index is 448. The van der Waals surface area contributed by atoms with Crippen molar-refractivity contribution in [2.75, 3.05) is 20.1 Å². The molecule has 1 saturated heterocycles. The molecule has 0 spiro atoms. The number of hydrogen-bond donors (Lipinski definition) is 1. The van der Waals surface area contributed by atoms with Gasteiger partial charge in [-0.25, -0.2) is 0 Å². The van der Waals surface area contributed by atoms with Crippen LogP contribution in [0.1, 0.15) is 17.5 Å². The molecule has 1 N–H and O–H groups in total. The number of nitrogens with one attached hydrogen (secondary N) is 1. The van der Waals surface area contributed by atoms with Gasteiger partial charge in [0.15, 0.2) is 0 Å². The fourth-order valence-electron chi connectivity index (χ4n) is 2.38. The van der Waals surface area contributed by atoms with Crippen LogP contribution in [-0.4, -0.2) is 31.1 Å². The van der Waals surface area contributed by atoms with Gasteiger partial charge in [-0.15, -0.1) is 0 Å². The van der Waals surface area contributed by atoms with Crippen LogP contribution in [0.2, 0.25) is 5.02 Å². The largest absolute Gasteiger partial charge is 0.416 e. The average molecular weight is 293 g/mol. The fraction of sp³-hybridized carbons (Fsp3) is 0.538. The summed E-state index contributed by atoms with van der Waals surface area (Å²) in [6.07, 6.45) is -3.33. The Morgan fingerprint density at radius 1 is 1.37 bits per heavy atom. The van der Waals surface area contributed by atoms with Gasteiger partial charge in [-0.2, -0.15) is 13.2 Å². The summed E-state index contributed by atoms with van der Waals surface area (Å²) in [6, 6.07) is 4.16. The zero-order valence-electron chi connectivity index (χ0n) is 10.6. The normalized spacial score (nSPS) is 21.0. The van der Waals surface area contributed by atoms with Gasteiger partial charge in [0.25, 0.3) is 0 Å². The molecule has 0 radical (unpaired) electrons. The predicted octanol–water partition coefficient (Wildman–Crippen LogP) is 3.15. The highest BCUT2D eigenvalue weighted by Crippen LogP contribution is 2.32. The Balaban J connectivity index is 2.11. The van der Waals surface area contributed by atoms with E-state index < -0.39 is 11.7 Å². The summed E-state index contributed by atoms with van der Waals surface area (Å²) in [5.41, 5.74) is -0.0732. The van der Waals surface area contributed by atoms with Crippen LogP contribution in [0.15, 0.2) is 18.2 Å². The first-order valence-electron chi connectivity index (χ1n) is 6.15. The van der Waals surface area contributed by atoms with Gasteiger partial charge < -0.3 is 5.32 Å². The zero-order valence-corrected chi connectivity index (χ0v) is 11.4. The second-order valence-electron chi connectivity index (χ2n) is 4.86. The van der Waals surface area contributed by atoms with Crippen molar-refractivity contribution in [1.82, 2.24) is 10.2 Å². The smallest absolute Gasteiger partial charge is 0.316 e. The van der Waals surface area contributed by atoms with Gasteiger partial charge in [-0.1, -0.05) is 11.6 Å². The molecular weight excluding hydrogens is 277 g/mol. The molecule has 1 aromatic carbocycles. The summed E-state index contributed by atoms with van der Waals surface area (Å²) in [5, 5.41) is 3.31. The summed E-state index contributed by atoms with van der Waals surface area (Å²) < 4.78 is 38.1. The van der Waals surface area contributed by atoms with Crippen LogP contribution < -0.4 is 5.32 Å². The molecule has 0 aliphatic carbocycles. The van der Waals surface area contributed by atoms with E-state index in [4.69, 9.17) is 11.6 Å². The third kappa shape index (κ3) is 3.84. The van der Waals surface area contributed by atoms with Crippen molar-refractivity contribution in [3.63, 3.8) is 0 Å². The highest BCUT2D eigenvalue weighted by molar-refractivity contribution is 6.30. The van der Waals surface area contributed by atoms with Crippen molar-refractivity contribution >= 4 is 11.6 Å². The van der Waals surface area contributed by atoms with Crippen molar-refractivity contribution in [3.8, 4) is 0 Å². The van der Waals surface area contributed by atoms with Crippen LogP contribution in [0.25, 0.3) is 0 Å². The first-order chi connectivity index (χ1) is 8.88. The van der Waals surface area contributed by atoms with Crippen molar-refractivity contribution in [3.05, 3.63) is 34.3 Å². The first-order valence-corrected chi connectivity index (χ1v) is 6.52. The molecule has 1 aromatic rings. The number of rotatable bonds is 3. The minimum atomic E-state index is -4.35. The fourth-order valence-corrected chi connectivity index (χ4v) is 2.63. The number of likely N-dealkylation sites (N-methyl/N-ethyl adjacent to an activating group) is 1. The average Bonchev–Trinajstić information content (AvgIpc) is 2.75. The quantitative estimate of drug-likeness (QED) is 0.921. The lowest BCUT2D eigenvalue weighted by atomic mass is 10.1. The van der Waals surface area contributed by atoms with Gasteiger partial charge in [0, 0.05) is 30.7 Å². The minimum Gasteiger partial charge on any atom is -0.316 e. The van der Waals surface area contributed by atoms with E-state index in [1.807, 2.05) is 7.05 Å². The zero-order chi connectivity index (χ0) is 14.0. The monoisotopic (exact) mass is 292 g/mol. The number of benzene rings is 1. The second kappa shape index (κ2) is 5.69. The molecule has 6 heteroatoms. The predicted molar refractivity (Wildman–Crippen MR) is 69.2 cm³/mol. The molecule has 0 amide bonds. The summed E-state index contributed by atoms with van der Waals surface area (Å²) in [4.78, 5) is 2.13. The summed E-state index contributed by atoms with van der Waals surface area (Å²) in [7, 11) is 1.90. The molecule has 19 heavy (non-hydrogen) atoms. The van der Waals surface area contributed by atoms with Crippen LogP contribution in [-0.2, 0) is 12.7 Å². The molecule has 0 aromatic heterocycles. The maximum Gasteiger partial charge on any atom is 0.416 e. The lowest BCUT2D eigenvalue weighted by Crippen LogP contribution is -2.29. The Morgan fingerprint density at radius 2 is 2.11 bits per heavy atom. The Kier molecular flexibility index (Phi) is 4.38. The first kappa shape index (κ1) is 14.6. The molecule has 106 valence electrons. The molecule has 1 heterocycles. The molecule has 1 fully saturated rings. The number of likely N-dealkylation sites (tertiary alicyclic amines) is 1. The Labute approximate surface area is 115 Å². The third-order valence-corrected chi connectivity index (χ3v) is 3.59. The van der Waals surface area contributed by atoms with Gasteiger partial charge in [0.05, 0.1) is 5.56 Å². The van der Waals surface area contributed by atoms with E-state index in [1.165, 1.54) is 6.07 Å². The number of nitrogens with zero attached hydrogens (tertiary/aromatic N) is 1. The number of halogens is 4. The van der Waals surface area contributed by atoms with E-state index in [0.29, 0.717) is 18.2 Å². The van der Waals surface area contributed by atoms with E-state index >= 15 is 0 Å². The number of hydrogen-bond acceptors (Lipinski definition) is 2. The highest BCUT2D eigenvalue weighted by atomic mass is 35.5. The molecule has 1 unspecified atom stereocenters. The topological polar surface area (TPSA) is 15.3 Å². The lowest BCUT2D eigenvalue weighted by Gasteiger charge is -2.17. The van der Waals surface area contributed by atoms with Crippen LogP contribution in [0.4, 0.5) is 13.2 Å². The van der Waals surface area contributed by atoms with Crippen LogP contribution in [0.3, 0.4) is 0 Å². The van der Waals surface area contributed by atoms with Crippen molar-refractivity contribution in [2.45, 2.75) is 25.2 Å². The highest BCUT2D eigenvalue weighted by Gasteiger charge is 2.31. The van der Waals surface area contributed by atoms with E-state index in [9.17, 15) is 13.2 Å². The maximum atomic E-state index is 12.7. The van der Waals surface area contributed by atoms with Gasteiger partial charge >= 0.3 is 6.18 Å². The standard InChI is InChI=1S/C13H16ClF3N2/c1-18-12-2-3-19(8-12)7-9-4-10(13(15,16)17)6-11(14)5-9/h4-6,12,18H,2-3,7-8H2,1H3. The second-order valence-corrected chi connectivity index (χ2v) is 5.29. The van der Waals surface area contributed by atoms with E-state index in [1.54, 1.807) is 6.07 Å². The third-order valence-electron chi connectivity index (χ3n) is 3.37. The molecule has 0 bridgehead atoms. The molecule has 2 nitrogen and oxygen atoms in total. The SMILES string of the molecule is CNC1CCN(Cc2cc(Cl)cc(C(F)(F)F)c2)C1. The Morgan fingerprint density at radius 3 is 2.68 bits per heavy atom. The van der Waals surface area contributed by atoms with E-state index in [-0.39, 0.29) is 5.02 Å². The maximum absolute atomic E-state index is 12.7. The molecular formula is C13H16ClF3N2. The van der Waals surface area contributed by atoms with Crippen molar-refractivity contribution in [2.24, 2.45) is 0 Å². The van der Waals surface area contributed by atoms with Gasteiger partial charge in [-0.05, 0) is 37.2 Å². The summed E-state index contributed by atoms with van der Waals surface area (Å²) in [5.74, 6) is 0. The van der Waals surface area contributed by atoms with Crippen LogP contribution in [0, 0.1) is 0 Å². The van der Waals surface area contributed by atoms with E-state index in [0.717, 1.165) is 25.6 Å². The molecule has 2 rings (SSSR count).